The highest BCUT2D eigenvalue weighted by Crippen LogP contribution is 2.33. The highest BCUT2D eigenvalue weighted by Gasteiger charge is 2.37. The molecule has 6 N–H and O–H groups in total. The maximum atomic E-state index is 13.5. The molecule has 0 aliphatic carbocycles. The van der Waals surface area contributed by atoms with Crippen LogP contribution < -0.4 is 10.6 Å². The number of nitrogens with one attached hydrogen (secondary N) is 4. The van der Waals surface area contributed by atoms with Gasteiger partial charge in [-0.05, 0) is 36.7 Å². The molecule has 1 aromatic carbocycles. The Morgan fingerprint density at radius 3 is 2.41 bits per heavy atom. The van der Waals surface area contributed by atoms with E-state index >= 15 is 0 Å². The van der Waals surface area contributed by atoms with Crippen LogP contribution in [0.3, 0.4) is 0 Å². The van der Waals surface area contributed by atoms with Crippen molar-refractivity contribution in [1.29, 1.82) is 0 Å². The second-order valence-corrected chi connectivity index (χ2v) is 14.9. The molecule has 0 bridgehead atoms. The predicted octanol–water partition coefficient (Wildman–Crippen LogP) is 4.49. The summed E-state index contributed by atoms with van der Waals surface area (Å²) in [5.74, 6) is 2.20. The van der Waals surface area contributed by atoms with Gasteiger partial charge in [-0.1, -0.05) is 58.9 Å². The quantitative estimate of drug-likeness (QED) is 0.0722. The molecule has 302 valence electrons. The van der Waals surface area contributed by atoms with Gasteiger partial charge in [0.05, 0.1) is 55.7 Å². The van der Waals surface area contributed by atoms with Crippen molar-refractivity contribution in [2.24, 2.45) is 11.8 Å². The van der Waals surface area contributed by atoms with Crippen LogP contribution in [0.2, 0.25) is 0 Å². The van der Waals surface area contributed by atoms with Crippen molar-refractivity contribution in [2.45, 2.75) is 91.2 Å². The standard InChI is InChI=1S/C39H54N10O7/c1-8-15-47(35(50)32(22(2)3)45-38(52)54-6)21-31-40-18-27(42-31)28-19-48-20-30(56-37(48)44-28)25-13-11-24(12-14-25)26-17-41-34(43-26)29-10-9-16-49(29)36(51)33(23(4)5)46-39(53)55-7/h11-14,17-20,22-23,29,32-33,35,38,45,50,52H,8-10,15-16,21H2,1-7H3,(H,40,42)(H,41,43)(H,46,53). The summed E-state index contributed by atoms with van der Waals surface area (Å²) in [6, 6.07) is 6.56. The molecule has 1 aliphatic rings. The van der Waals surface area contributed by atoms with Gasteiger partial charge in [-0.3, -0.25) is 19.4 Å². The maximum Gasteiger partial charge on any atom is 0.407 e. The lowest BCUT2D eigenvalue weighted by molar-refractivity contribution is -0.135. The van der Waals surface area contributed by atoms with Crippen molar-refractivity contribution in [2.75, 3.05) is 27.3 Å². The lowest BCUT2D eigenvalue weighted by Gasteiger charge is -2.36. The van der Waals surface area contributed by atoms with Crippen molar-refractivity contribution < 1.29 is 33.7 Å². The molecular weight excluding hydrogens is 720 g/mol. The van der Waals surface area contributed by atoms with E-state index in [1.54, 1.807) is 17.3 Å². The van der Waals surface area contributed by atoms with Crippen LogP contribution in [-0.4, -0.2) is 113 Å². The number of imidazole rings is 3. The Labute approximate surface area is 325 Å². The predicted molar refractivity (Wildman–Crippen MR) is 207 cm³/mol. The first-order chi connectivity index (χ1) is 26.9. The second kappa shape index (κ2) is 17.8. The van der Waals surface area contributed by atoms with Crippen LogP contribution in [0.5, 0.6) is 0 Å². The molecule has 2 amide bonds. The van der Waals surface area contributed by atoms with Crippen molar-refractivity contribution >= 4 is 17.8 Å². The van der Waals surface area contributed by atoms with Gasteiger partial charge >= 0.3 is 11.9 Å². The smallest absolute Gasteiger partial charge is 0.407 e. The monoisotopic (exact) mass is 774 g/mol. The minimum Gasteiger partial charge on any atom is -0.453 e. The Morgan fingerprint density at radius 1 is 1.02 bits per heavy atom. The van der Waals surface area contributed by atoms with Gasteiger partial charge in [-0.15, -0.1) is 0 Å². The minimum absolute atomic E-state index is 0.0197. The topological polar surface area (TPSA) is 211 Å². The number of alkyl carbamates (subject to hydrolysis) is 1. The third kappa shape index (κ3) is 8.97. The van der Waals surface area contributed by atoms with Gasteiger partial charge in [0.15, 0.2) is 5.76 Å². The molecule has 1 fully saturated rings. The molecule has 0 saturated carbocycles. The molecule has 17 heteroatoms. The highest BCUT2D eigenvalue weighted by atomic mass is 16.6. The average molecular weight is 775 g/mol. The first-order valence-electron chi connectivity index (χ1n) is 19.1. The zero-order chi connectivity index (χ0) is 40.1. The molecule has 5 unspecified atom stereocenters. The van der Waals surface area contributed by atoms with E-state index in [9.17, 15) is 19.8 Å². The fraction of sp³-hybridized carbons (Fsp3) is 0.513. The van der Waals surface area contributed by atoms with E-state index in [1.165, 1.54) is 14.2 Å². The molecule has 6 rings (SSSR count). The fourth-order valence-corrected chi connectivity index (χ4v) is 7.16. The minimum atomic E-state index is -1.19. The number of likely N-dealkylation sites (tertiary alicyclic amines) is 1. The number of nitrogens with zero attached hydrogens (tertiary/aromatic N) is 6. The maximum absolute atomic E-state index is 13.5. The number of hydrogen-bond donors (Lipinski definition) is 6. The molecule has 1 saturated heterocycles. The zero-order valence-corrected chi connectivity index (χ0v) is 33.0. The summed E-state index contributed by atoms with van der Waals surface area (Å²) in [6.07, 6.45) is 6.95. The first kappa shape index (κ1) is 40.6. The number of oxazole rings is 1. The molecule has 4 aromatic heterocycles. The lowest BCUT2D eigenvalue weighted by Crippen LogP contribution is -2.55. The Morgan fingerprint density at radius 2 is 1.75 bits per heavy atom. The number of ether oxygens (including phenoxy) is 2. The largest absolute Gasteiger partial charge is 0.453 e. The van der Waals surface area contributed by atoms with Gasteiger partial charge in [-0.2, -0.15) is 4.98 Å². The first-order valence-corrected chi connectivity index (χ1v) is 19.1. The number of carbonyl (C=O) groups excluding carboxylic acids is 2. The molecule has 0 spiro atoms. The van der Waals surface area contributed by atoms with E-state index in [0.717, 1.165) is 36.1 Å². The molecule has 5 aromatic rings. The Balaban J connectivity index is 1.11. The number of methoxy groups -OCH3 is 2. The number of aliphatic hydroxyl groups excluding tert-OH is 2. The van der Waals surface area contributed by atoms with Gasteiger partial charge in [-0.25, -0.2) is 14.8 Å². The van der Waals surface area contributed by atoms with E-state index < -0.39 is 30.8 Å². The summed E-state index contributed by atoms with van der Waals surface area (Å²) in [5.41, 5.74) is 4.00. The van der Waals surface area contributed by atoms with E-state index in [4.69, 9.17) is 18.9 Å². The summed E-state index contributed by atoms with van der Waals surface area (Å²) in [4.78, 5) is 49.8. The zero-order valence-electron chi connectivity index (χ0n) is 33.0. The summed E-state index contributed by atoms with van der Waals surface area (Å²) in [7, 11) is 2.68. The molecule has 56 heavy (non-hydrogen) atoms. The Kier molecular flexibility index (Phi) is 12.9. The van der Waals surface area contributed by atoms with Crippen LogP contribution >= 0.6 is 0 Å². The van der Waals surface area contributed by atoms with Crippen molar-refractivity contribution in [1.82, 2.24) is 49.8 Å². The van der Waals surface area contributed by atoms with Crippen LogP contribution in [0.1, 0.15) is 71.6 Å². The number of aliphatic hydroxyl groups is 2. The molecule has 5 atom stereocenters. The molecule has 1 aliphatic heterocycles. The van der Waals surface area contributed by atoms with Crippen LogP contribution in [0.15, 0.2) is 53.5 Å². The summed E-state index contributed by atoms with van der Waals surface area (Å²) < 4.78 is 17.7. The van der Waals surface area contributed by atoms with Crippen LogP contribution in [-0.2, 0) is 20.8 Å². The normalized spacial score (nSPS) is 16.9. The van der Waals surface area contributed by atoms with Crippen LogP contribution in [0.25, 0.3) is 39.8 Å². The van der Waals surface area contributed by atoms with Crippen molar-refractivity contribution in [3.63, 3.8) is 0 Å². The summed E-state index contributed by atoms with van der Waals surface area (Å²) in [5, 5.41) is 26.9. The van der Waals surface area contributed by atoms with Crippen LogP contribution in [0.4, 0.5) is 4.79 Å². The summed E-state index contributed by atoms with van der Waals surface area (Å²) in [6.45, 7) is 11.3. The number of aromatic amines is 2. The third-order valence-electron chi connectivity index (χ3n) is 10.2. The number of hydrogen-bond acceptors (Lipinski definition) is 12. The second-order valence-electron chi connectivity index (χ2n) is 14.9. The Hall–Kier alpha value is -5.07. The van der Waals surface area contributed by atoms with E-state index in [-0.39, 0.29) is 23.8 Å². The van der Waals surface area contributed by atoms with Gasteiger partial charge in [0.1, 0.15) is 29.6 Å². The number of benzene rings is 1. The SMILES string of the molecule is CCCN(Cc1ncc(-c2cn3cc(-c4ccc(-c5cnc(C6CCCN6C(=O)C(NC(=O)OC)C(C)C)[nH]5)cc4)oc3n2)[nH]1)C(O)C(NC(O)OC)C(C)C. The van der Waals surface area contributed by atoms with Gasteiger partial charge in [0.2, 0.25) is 12.3 Å². The van der Waals surface area contributed by atoms with E-state index in [1.807, 2.05) is 80.6 Å². The van der Waals surface area contributed by atoms with Gasteiger partial charge < -0.3 is 44.3 Å². The van der Waals surface area contributed by atoms with Gasteiger partial charge in [0.25, 0.3) is 0 Å². The number of amides is 2. The molecule has 0 radical (unpaired) electrons. The fourth-order valence-electron chi connectivity index (χ4n) is 7.16. The number of rotatable bonds is 17. The molecule has 5 heterocycles. The van der Waals surface area contributed by atoms with E-state index in [0.29, 0.717) is 54.3 Å². The number of fused-ring (bicyclic) bond motifs is 1. The van der Waals surface area contributed by atoms with Crippen molar-refractivity contribution in [3.05, 3.63) is 60.7 Å². The lowest BCUT2D eigenvalue weighted by atomic mass is 10.0. The van der Waals surface area contributed by atoms with Crippen LogP contribution in [0, 0.1) is 11.8 Å². The van der Waals surface area contributed by atoms with Crippen molar-refractivity contribution in [3.8, 4) is 34.0 Å². The average Bonchev–Trinajstić information content (AvgIpc) is 4.03. The molecular formula is C39H54N10O7. The summed E-state index contributed by atoms with van der Waals surface area (Å²) >= 11 is 0. The van der Waals surface area contributed by atoms with E-state index in [2.05, 4.69) is 30.6 Å². The number of aromatic nitrogens is 6. The highest BCUT2D eigenvalue weighted by molar-refractivity contribution is 5.86. The Bertz CT molecular complexity index is 2020. The number of carbonyl (C=O) groups is 2. The third-order valence-corrected chi connectivity index (χ3v) is 10.2. The van der Waals surface area contributed by atoms with Gasteiger partial charge in [0, 0.05) is 32.0 Å². The molecule has 17 nitrogen and oxygen atoms in total. The number of H-pyrrole nitrogens is 2.